The highest BCUT2D eigenvalue weighted by Gasteiger charge is 2.56. The van der Waals surface area contributed by atoms with Crippen LogP contribution in [0, 0.1) is 5.92 Å². The second-order valence-corrected chi connectivity index (χ2v) is 19.0. The van der Waals surface area contributed by atoms with Gasteiger partial charge in [0.15, 0.2) is 30.0 Å². The molecule has 4 saturated heterocycles. The summed E-state index contributed by atoms with van der Waals surface area (Å²) in [5.41, 5.74) is 12.2. The minimum absolute atomic E-state index is 0.00148. The van der Waals surface area contributed by atoms with Crippen LogP contribution in [0.2, 0.25) is 0 Å². The number of aliphatic carboxylic acids is 1. The number of aliphatic hydroxyl groups excluding tert-OH is 1. The molecule has 304 valence electrons. The third-order valence-corrected chi connectivity index (χ3v) is 14.5. The lowest BCUT2D eigenvalue weighted by Crippen LogP contribution is -2.70. The van der Waals surface area contributed by atoms with E-state index in [1.165, 1.54) is 50.0 Å². The molecule has 2 bridgehead atoms. The van der Waals surface area contributed by atoms with Crippen molar-refractivity contribution < 1.29 is 66.3 Å². The van der Waals surface area contributed by atoms with E-state index in [0.717, 1.165) is 0 Å². The van der Waals surface area contributed by atoms with Gasteiger partial charge in [0, 0.05) is 23.3 Å². The minimum atomic E-state index is -5.06. The highest BCUT2D eigenvalue weighted by atomic mass is 33.1. The molecule has 2 aromatic rings. The quantitative estimate of drug-likeness (QED) is 0.0811. The number of carboxylic acid groups (broad SMARTS) is 1. The number of amides is 1. The molecule has 7 heterocycles. The second kappa shape index (κ2) is 16.4. The Kier molecular flexibility index (Phi) is 12.1. The van der Waals surface area contributed by atoms with Gasteiger partial charge in [-0.15, -0.1) is 0 Å². The Labute approximate surface area is 320 Å². The van der Waals surface area contributed by atoms with E-state index >= 15 is 0 Å². The normalized spacial score (nSPS) is 39.8. The molecule has 1 amide bonds. The molecule has 5 aliphatic heterocycles. The number of aromatic nitrogens is 4. The molecule has 7 rings (SSSR count). The molecule has 0 aromatic carbocycles. The molecule has 55 heavy (non-hydrogen) atoms. The van der Waals surface area contributed by atoms with Gasteiger partial charge in [0.05, 0.1) is 32.0 Å². The van der Waals surface area contributed by atoms with Crippen molar-refractivity contribution >= 4 is 72.4 Å². The molecule has 14 atom stereocenters. The largest absolute Gasteiger partial charge is 0.481 e. The monoisotopic (exact) mass is 854 g/mol. The van der Waals surface area contributed by atoms with Gasteiger partial charge in [-0.1, -0.05) is 28.5 Å². The number of anilines is 1. The fourth-order valence-electron chi connectivity index (χ4n) is 6.90. The number of hydrogen-bond acceptors (Lipinski definition) is 21. The Morgan fingerprint density at radius 3 is 2.55 bits per heavy atom. The summed E-state index contributed by atoms with van der Waals surface area (Å²) in [7, 11) is -7.23. The first-order valence-corrected chi connectivity index (χ1v) is 22.3. The summed E-state index contributed by atoms with van der Waals surface area (Å²) in [5, 5.41) is 25.9. The van der Waals surface area contributed by atoms with Crippen LogP contribution < -0.4 is 22.1 Å². The van der Waals surface area contributed by atoms with Gasteiger partial charge in [0.1, 0.15) is 48.7 Å². The van der Waals surface area contributed by atoms with Crippen molar-refractivity contribution in [3.63, 3.8) is 0 Å². The minimum Gasteiger partial charge on any atom is -0.481 e. The summed E-state index contributed by atoms with van der Waals surface area (Å²) in [5.74, 6) is -1.74. The summed E-state index contributed by atoms with van der Waals surface area (Å²) in [6.07, 6.45) is -7.16. The van der Waals surface area contributed by atoms with Gasteiger partial charge >= 0.3 is 21.6 Å². The number of phosphoric acid groups is 2. The molecule has 4 fully saturated rings. The molecule has 0 spiro atoms. The van der Waals surface area contributed by atoms with E-state index in [4.69, 9.17) is 44.1 Å². The van der Waals surface area contributed by atoms with Gasteiger partial charge in [-0.25, -0.2) is 24.1 Å². The second-order valence-electron chi connectivity index (χ2n) is 13.2. The summed E-state index contributed by atoms with van der Waals surface area (Å²) >= 11 is 0. The number of hydrogen-bond donors (Lipinski definition) is 8. The molecule has 5 aliphatic rings. The molecule has 10 N–H and O–H groups in total. The maximum Gasteiger partial charge on any atom is 0.472 e. The Morgan fingerprint density at radius 2 is 1.80 bits per heavy atom. The summed E-state index contributed by atoms with van der Waals surface area (Å²) in [6, 6.07) is -0.961. The number of phosphoric ester groups is 2. The number of nitrogens with one attached hydrogen (secondary N) is 2. The third kappa shape index (κ3) is 8.83. The first kappa shape index (κ1) is 40.7. The van der Waals surface area contributed by atoms with Crippen LogP contribution in [-0.2, 0) is 46.3 Å². The van der Waals surface area contributed by atoms with E-state index < -0.39 is 108 Å². The lowest BCUT2D eigenvalue weighted by molar-refractivity contribution is -0.137. The van der Waals surface area contributed by atoms with E-state index in [0.29, 0.717) is 12.2 Å². The first-order chi connectivity index (χ1) is 26.1. The van der Waals surface area contributed by atoms with E-state index in [1.807, 2.05) is 6.92 Å². The standard InChI is InChI=1S/C27H40N10O14P2S2/c1-11(2-3-15(38)39)55-54-5-4-12-13-6-46-53(44,45)51-20-14(49-25(18(20)40)36-9-32-16-21(28)30-8-31-22(16)36)7-47-52(42,43)50-19(12)26(48-13)37-10-33-17-23(37)34-27(29)35-24(17)41/h8-14,17-20,23,25-27,34,40H,2-7,29H2,1H3,(H,35,41)(H,38,39)(H,42,43)(H,44,45)(H2,28,30,31)/t11?,12?,13-,14-,17?,18-,19-,20-,23?,25-,26-,27?/m1/s1. The van der Waals surface area contributed by atoms with E-state index in [-0.39, 0.29) is 35.1 Å². The first-order valence-electron chi connectivity index (χ1n) is 17.0. The molecule has 2 aromatic heterocycles. The molecular formula is C27H40N10O14P2S2. The number of aliphatic imine (C=N–C) groups is 1. The molecular weight excluding hydrogens is 814 g/mol. The SMILES string of the molecule is CC(CCC(=O)O)SSCCC1[C@H]2OP(=O)(O)OC[C@H]3O[C@@H](n4cnc5c(N)ncnc54)[C@H](O)[C@@H]3OP(=O)(O)OC[C@H]1O[C@H]2N1C=NC2C(=O)NC(N)NC21. The Morgan fingerprint density at radius 1 is 1.09 bits per heavy atom. The molecule has 28 heteroatoms. The lowest BCUT2D eigenvalue weighted by atomic mass is 9.95. The van der Waals surface area contributed by atoms with Crippen LogP contribution in [0.15, 0.2) is 17.6 Å². The topological polar surface area (TPSA) is 340 Å². The number of nitrogen functional groups attached to an aromatic ring is 1. The third-order valence-electron chi connectivity index (χ3n) is 9.50. The van der Waals surface area contributed by atoms with Crippen molar-refractivity contribution in [3.8, 4) is 0 Å². The van der Waals surface area contributed by atoms with Crippen LogP contribution >= 0.6 is 37.2 Å². The Bertz CT molecular complexity index is 1890. The summed E-state index contributed by atoms with van der Waals surface area (Å²) in [4.78, 5) is 63.8. The maximum absolute atomic E-state index is 13.8. The lowest BCUT2D eigenvalue weighted by Gasteiger charge is -2.39. The average molecular weight is 855 g/mol. The average Bonchev–Trinajstić information content (AvgIpc) is 3.88. The summed E-state index contributed by atoms with van der Waals surface area (Å²) < 4.78 is 63.2. The van der Waals surface area contributed by atoms with Gasteiger partial charge in [-0.2, -0.15) is 0 Å². The van der Waals surface area contributed by atoms with Crippen LogP contribution in [0.5, 0.6) is 0 Å². The number of rotatable bonds is 10. The number of nitrogens with two attached hydrogens (primary N) is 2. The molecule has 0 aliphatic carbocycles. The van der Waals surface area contributed by atoms with Crippen LogP contribution in [0.25, 0.3) is 11.2 Å². The number of carbonyl (C=O) groups is 2. The van der Waals surface area contributed by atoms with Crippen molar-refractivity contribution in [2.45, 2.75) is 92.9 Å². The number of ether oxygens (including phenoxy) is 2. The fourth-order valence-corrected chi connectivity index (χ4v) is 11.3. The van der Waals surface area contributed by atoms with Gasteiger partial charge in [0.2, 0.25) is 0 Å². The van der Waals surface area contributed by atoms with E-state index in [2.05, 4.69) is 30.6 Å². The van der Waals surface area contributed by atoms with Crippen LogP contribution in [0.1, 0.15) is 32.4 Å². The Balaban J connectivity index is 1.15. The summed E-state index contributed by atoms with van der Waals surface area (Å²) in [6.45, 7) is 0.513. The van der Waals surface area contributed by atoms with Gasteiger partial charge in [-0.05, 0) is 12.8 Å². The van der Waals surface area contributed by atoms with Gasteiger partial charge in [-0.3, -0.25) is 48.3 Å². The smallest absolute Gasteiger partial charge is 0.472 e. The highest BCUT2D eigenvalue weighted by molar-refractivity contribution is 8.76. The zero-order valence-corrected chi connectivity index (χ0v) is 32.2. The Hall–Kier alpha value is -2.52. The number of nitrogens with zero attached hydrogens (tertiary/aromatic N) is 6. The van der Waals surface area contributed by atoms with Crippen molar-refractivity contribution in [1.82, 2.24) is 35.1 Å². The number of aliphatic hydroxyl groups is 1. The van der Waals surface area contributed by atoms with Crippen LogP contribution in [-0.4, -0.2) is 142 Å². The van der Waals surface area contributed by atoms with Crippen molar-refractivity contribution in [2.75, 3.05) is 24.7 Å². The van der Waals surface area contributed by atoms with Crippen molar-refractivity contribution in [3.05, 3.63) is 12.7 Å². The molecule has 0 saturated carbocycles. The number of carbonyl (C=O) groups excluding carboxylic acids is 1. The predicted molar refractivity (Wildman–Crippen MR) is 191 cm³/mol. The number of carboxylic acids is 1. The van der Waals surface area contributed by atoms with Gasteiger partial charge < -0.3 is 45.4 Å². The predicted octanol–water partition coefficient (Wildman–Crippen LogP) is -0.949. The van der Waals surface area contributed by atoms with Crippen molar-refractivity contribution in [1.29, 1.82) is 0 Å². The zero-order chi connectivity index (χ0) is 39.2. The zero-order valence-electron chi connectivity index (χ0n) is 28.8. The highest BCUT2D eigenvalue weighted by Crippen LogP contribution is 2.54. The molecule has 24 nitrogen and oxygen atoms in total. The van der Waals surface area contributed by atoms with Crippen LogP contribution in [0.3, 0.4) is 0 Å². The van der Waals surface area contributed by atoms with Gasteiger partial charge in [0.25, 0.3) is 5.91 Å². The van der Waals surface area contributed by atoms with E-state index in [9.17, 15) is 33.6 Å². The fraction of sp³-hybridized carbons (Fsp3) is 0.704. The molecule has 7 unspecified atom stereocenters. The van der Waals surface area contributed by atoms with E-state index in [1.54, 1.807) is 0 Å². The molecule has 0 radical (unpaired) electrons. The number of imidazole rings is 1. The number of fused-ring (bicyclic) bond motifs is 5. The van der Waals surface area contributed by atoms with Crippen molar-refractivity contribution in [2.24, 2.45) is 16.6 Å². The van der Waals surface area contributed by atoms with Crippen LogP contribution in [0.4, 0.5) is 5.82 Å². The maximum atomic E-state index is 13.8.